The van der Waals surface area contributed by atoms with E-state index in [0.717, 1.165) is 0 Å². The SMILES string of the molecule is CC(C)Oc1ncccc1CC(N)C(=O)O. The number of hydrogen-bond donors (Lipinski definition) is 2. The predicted octanol–water partition coefficient (Wildman–Crippen LogP) is 0.823. The smallest absolute Gasteiger partial charge is 0.320 e. The summed E-state index contributed by atoms with van der Waals surface area (Å²) in [5.74, 6) is -0.575. The van der Waals surface area contributed by atoms with Gasteiger partial charge in [-0.05, 0) is 19.9 Å². The number of nitrogens with zero attached hydrogens (tertiary/aromatic N) is 1. The molecule has 0 amide bonds. The molecule has 3 N–H and O–H groups in total. The second-order valence-electron chi connectivity index (χ2n) is 3.78. The van der Waals surface area contributed by atoms with E-state index in [9.17, 15) is 4.79 Å². The Morgan fingerprint density at radius 3 is 2.88 bits per heavy atom. The summed E-state index contributed by atoms with van der Waals surface area (Å²) in [6, 6.07) is 2.57. The molecule has 5 heteroatoms. The Bertz CT molecular complexity index is 366. The number of aromatic nitrogens is 1. The first-order valence-electron chi connectivity index (χ1n) is 5.09. The Labute approximate surface area is 94.2 Å². The third-order valence-electron chi connectivity index (χ3n) is 1.95. The van der Waals surface area contributed by atoms with Crippen LogP contribution in [0.1, 0.15) is 19.4 Å². The minimum atomic E-state index is -1.03. The number of rotatable bonds is 5. The molecule has 1 unspecified atom stereocenters. The molecular weight excluding hydrogens is 208 g/mol. The highest BCUT2D eigenvalue weighted by Gasteiger charge is 2.16. The van der Waals surface area contributed by atoms with Crippen LogP contribution in [0.3, 0.4) is 0 Å². The van der Waals surface area contributed by atoms with Crippen LogP contribution < -0.4 is 10.5 Å². The van der Waals surface area contributed by atoms with Crippen molar-refractivity contribution in [1.82, 2.24) is 4.98 Å². The summed E-state index contributed by atoms with van der Waals surface area (Å²) in [5.41, 5.74) is 6.18. The first kappa shape index (κ1) is 12.4. The summed E-state index contributed by atoms with van der Waals surface area (Å²) in [4.78, 5) is 14.7. The number of pyridine rings is 1. The lowest BCUT2D eigenvalue weighted by Crippen LogP contribution is -2.32. The number of carboxylic acids is 1. The van der Waals surface area contributed by atoms with E-state index >= 15 is 0 Å². The van der Waals surface area contributed by atoms with Gasteiger partial charge in [-0.3, -0.25) is 4.79 Å². The lowest BCUT2D eigenvalue weighted by atomic mass is 10.1. The van der Waals surface area contributed by atoms with Gasteiger partial charge in [0.1, 0.15) is 6.04 Å². The van der Waals surface area contributed by atoms with Gasteiger partial charge in [-0.2, -0.15) is 0 Å². The van der Waals surface area contributed by atoms with Gasteiger partial charge >= 0.3 is 5.97 Å². The van der Waals surface area contributed by atoms with Crippen molar-refractivity contribution in [2.24, 2.45) is 5.73 Å². The molecule has 0 radical (unpaired) electrons. The lowest BCUT2D eigenvalue weighted by molar-refractivity contribution is -0.138. The van der Waals surface area contributed by atoms with Crippen LogP contribution in [-0.2, 0) is 11.2 Å². The van der Waals surface area contributed by atoms with Gasteiger partial charge in [0, 0.05) is 18.2 Å². The summed E-state index contributed by atoms with van der Waals surface area (Å²) in [7, 11) is 0. The molecule has 1 aromatic rings. The molecule has 88 valence electrons. The molecule has 0 spiro atoms. The zero-order valence-electron chi connectivity index (χ0n) is 9.38. The summed E-state index contributed by atoms with van der Waals surface area (Å²) < 4.78 is 5.47. The summed E-state index contributed by atoms with van der Waals surface area (Å²) in [6.07, 6.45) is 1.81. The molecule has 1 heterocycles. The first-order chi connectivity index (χ1) is 7.50. The Morgan fingerprint density at radius 2 is 2.31 bits per heavy atom. The van der Waals surface area contributed by atoms with E-state index in [1.54, 1.807) is 18.3 Å². The van der Waals surface area contributed by atoms with E-state index in [-0.39, 0.29) is 12.5 Å². The van der Waals surface area contributed by atoms with Gasteiger partial charge < -0.3 is 15.6 Å². The summed E-state index contributed by atoms with van der Waals surface area (Å²) in [6.45, 7) is 3.77. The van der Waals surface area contributed by atoms with Crippen LogP contribution in [0.2, 0.25) is 0 Å². The quantitative estimate of drug-likeness (QED) is 0.773. The van der Waals surface area contributed by atoms with Crippen molar-refractivity contribution >= 4 is 5.97 Å². The zero-order chi connectivity index (χ0) is 12.1. The van der Waals surface area contributed by atoms with Gasteiger partial charge in [-0.25, -0.2) is 4.98 Å². The molecule has 1 atom stereocenters. The molecule has 16 heavy (non-hydrogen) atoms. The van der Waals surface area contributed by atoms with Crippen molar-refractivity contribution in [3.8, 4) is 5.88 Å². The predicted molar refractivity (Wildman–Crippen MR) is 59.3 cm³/mol. The molecule has 0 aliphatic heterocycles. The van der Waals surface area contributed by atoms with Crippen LogP contribution in [0.15, 0.2) is 18.3 Å². The van der Waals surface area contributed by atoms with Crippen molar-refractivity contribution in [2.75, 3.05) is 0 Å². The minimum Gasteiger partial charge on any atom is -0.480 e. The first-order valence-corrected chi connectivity index (χ1v) is 5.09. The molecular formula is C11H16N2O3. The van der Waals surface area contributed by atoms with Gasteiger partial charge in [0.05, 0.1) is 6.10 Å². The normalized spacial score (nSPS) is 12.5. The Morgan fingerprint density at radius 1 is 1.62 bits per heavy atom. The van der Waals surface area contributed by atoms with Crippen LogP contribution in [0.5, 0.6) is 5.88 Å². The molecule has 0 aliphatic rings. The fourth-order valence-corrected chi connectivity index (χ4v) is 1.23. The zero-order valence-corrected chi connectivity index (χ0v) is 9.38. The second kappa shape index (κ2) is 5.46. The topological polar surface area (TPSA) is 85.4 Å². The number of aliphatic carboxylic acids is 1. The number of ether oxygens (including phenoxy) is 1. The van der Waals surface area contributed by atoms with Crippen molar-refractivity contribution in [3.63, 3.8) is 0 Å². The van der Waals surface area contributed by atoms with E-state index in [4.69, 9.17) is 15.6 Å². The van der Waals surface area contributed by atoms with Gasteiger partial charge in [-0.15, -0.1) is 0 Å². The fourth-order valence-electron chi connectivity index (χ4n) is 1.23. The van der Waals surface area contributed by atoms with Gasteiger partial charge in [0.15, 0.2) is 0 Å². The average molecular weight is 224 g/mol. The molecule has 5 nitrogen and oxygen atoms in total. The van der Waals surface area contributed by atoms with Gasteiger partial charge in [0.2, 0.25) is 5.88 Å². The minimum absolute atomic E-state index is 0.00491. The molecule has 0 saturated heterocycles. The highest BCUT2D eigenvalue weighted by atomic mass is 16.5. The summed E-state index contributed by atoms with van der Waals surface area (Å²) in [5, 5.41) is 8.73. The largest absolute Gasteiger partial charge is 0.480 e. The maximum Gasteiger partial charge on any atom is 0.320 e. The Kier molecular flexibility index (Phi) is 4.25. The highest BCUT2D eigenvalue weighted by Crippen LogP contribution is 2.17. The number of nitrogens with two attached hydrogens (primary N) is 1. The van der Waals surface area contributed by atoms with E-state index in [1.165, 1.54) is 0 Å². The fraction of sp³-hybridized carbons (Fsp3) is 0.455. The summed E-state index contributed by atoms with van der Waals surface area (Å²) >= 11 is 0. The number of hydrogen-bond acceptors (Lipinski definition) is 4. The van der Waals surface area contributed by atoms with E-state index in [1.807, 2.05) is 13.8 Å². The van der Waals surface area contributed by atoms with Crippen LogP contribution in [0.4, 0.5) is 0 Å². The Balaban J connectivity index is 2.82. The van der Waals surface area contributed by atoms with Crippen molar-refractivity contribution in [2.45, 2.75) is 32.4 Å². The van der Waals surface area contributed by atoms with E-state index < -0.39 is 12.0 Å². The molecule has 1 rings (SSSR count). The monoisotopic (exact) mass is 224 g/mol. The molecule has 0 aromatic carbocycles. The van der Waals surface area contributed by atoms with Crippen LogP contribution in [0, 0.1) is 0 Å². The highest BCUT2D eigenvalue weighted by molar-refractivity contribution is 5.73. The molecule has 0 aliphatic carbocycles. The third kappa shape index (κ3) is 3.51. The van der Waals surface area contributed by atoms with E-state index in [2.05, 4.69) is 4.98 Å². The van der Waals surface area contributed by atoms with Crippen molar-refractivity contribution in [3.05, 3.63) is 23.9 Å². The number of carboxylic acid groups (broad SMARTS) is 1. The lowest BCUT2D eigenvalue weighted by Gasteiger charge is -2.13. The van der Waals surface area contributed by atoms with Crippen LogP contribution in [-0.4, -0.2) is 28.2 Å². The third-order valence-corrected chi connectivity index (χ3v) is 1.95. The second-order valence-corrected chi connectivity index (χ2v) is 3.78. The molecule has 0 fully saturated rings. The standard InChI is InChI=1S/C11H16N2O3/c1-7(2)16-10-8(4-3-5-13-10)6-9(12)11(14)15/h3-5,7,9H,6,12H2,1-2H3,(H,14,15). The molecule has 1 aromatic heterocycles. The maximum atomic E-state index is 10.7. The van der Waals surface area contributed by atoms with Gasteiger partial charge in [0.25, 0.3) is 0 Å². The molecule has 0 saturated carbocycles. The van der Waals surface area contributed by atoms with Crippen LogP contribution in [0.25, 0.3) is 0 Å². The average Bonchev–Trinajstić information content (AvgIpc) is 2.20. The van der Waals surface area contributed by atoms with Gasteiger partial charge in [-0.1, -0.05) is 6.07 Å². The van der Waals surface area contributed by atoms with Crippen LogP contribution >= 0.6 is 0 Å². The van der Waals surface area contributed by atoms with Crippen molar-refractivity contribution in [1.29, 1.82) is 0 Å². The van der Waals surface area contributed by atoms with Crippen molar-refractivity contribution < 1.29 is 14.6 Å². The number of carbonyl (C=O) groups is 1. The van der Waals surface area contributed by atoms with E-state index in [0.29, 0.717) is 11.4 Å². The maximum absolute atomic E-state index is 10.7. The Hall–Kier alpha value is -1.62. The molecule has 0 bridgehead atoms.